The van der Waals surface area contributed by atoms with Gasteiger partial charge in [0.05, 0.1) is 0 Å². The Morgan fingerprint density at radius 1 is 1.67 bits per heavy atom. The Labute approximate surface area is 73.9 Å². The van der Waals surface area contributed by atoms with E-state index in [1.54, 1.807) is 4.90 Å². The molecule has 1 rings (SSSR count). The zero-order valence-corrected chi connectivity index (χ0v) is 8.13. The molecular weight excluding hydrogens is 152 g/mol. The van der Waals surface area contributed by atoms with Gasteiger partial charge in [0.25, 0.3) is 0 Å². The summed E-state index contributed by atoms with van der Waals surface area (Å²) >= 11 is 0. The predicted octanol–water partition coefficient (Wildman–Crippen LogP) is 0.450. The number of rotatable bonds is 3. The van der Waals surface area contributed by atoms with Crippen molar-refractivity contribution in [2.24, 2.45) is 17.1 Å². The third-order valence-corrected chi connectivity index (χ3v) is 2.65. The number of amides is 1. The summed E-state index contributed by atoms with van der Waals surface area (Å²) in [7, 11) is 1.82. The fourth-order valence-electron chi connectivity index (χ4n) is 1.46. The van der Waals surface area contributed by atoms with Crippen molar-refractivity contribution in [3.05, 3.63) is 0 Å². The van der Waals surface area contributed by atoms with E-state index in [0.717, 1.165) is 6.42 Å². The zero-order valence-electron chi connectivity index (χ0n) is 8.13. The molecule has 1 unspecified atom stereocenters. The molecule has 1 aliphatic rings. The van der Waals surface area contributed by atoms with E-state index < -0.39 is 0 Å². The topological polar surface area (TPSA) is 46.3 Å². The minimum Gasteiger partial charge on any atom is -0.344 e. The number of hydrogen-bond acceptors (Lipinski definition) is 2. The van der Waals surface area contributed by atoms with E-state index in [1.165, 1.54) is 0 Å². The van der Waals surface area contributed by atoms with Crippen molar-refractivity contribution in [3.63, 3.8) is 0 Å². The third kappa shape index (κ3) is 1.78. The van der Waals surface area contributed by atoms with Crippen LogP contribution in [0.25, 0.3) is 0 Å². The number of nitrogens with two attached hydrogens (primary N) is 1. The fourth-order valence-corrected chi connectivity index (χ4v) is 1.46. The highest BCUT2D eigenvalue weighted by Crippen LogP contribution is 2.52. The van der Waals surface area contributed by atoms with Gasteiger partial charge >= 0.3 is 0 Å². The van der Waals surface area contributed by atoms with E-state index in [-0.39, 0.29) is 17.2 Å². The van der Waals surface area contributed by atoms with Crippen LogP contribution < -0.4 is 5.73 Å². The van der Waals surface area contributed by atoms with E-state index in [0.29, 0.717) is 13.1 Å². The lowest BCUT2D eigenvalue weighted by Gasteiger charge is -2.16. The van der Waals surface area contributed by atoms with Gasteiger partial charge < -0.3 is 10.6 Å². The van der Waals surface area contributed by atoms with Crippen LogP contribution >= 0.6 is 0 Å². The smallest absolute Gasteiger partial charge is 0.226 e. The van der Waals surface area contributed by atoms with Gasteiger partial charge in [-0.25, -0.2) is 0 Å². The summed E-state index contributed by atoms with van der Waals surface area (Å²) in [6.07, 6.45) is 1.03. The monoisotopic (exact) mass is 170 g/mol. The second-order valence-corrected chi connectivity index (χ2v) is 4.29. The predicted molar refractivity (Wildman–Crippen MR) is 48.6 cm³/mol. The molecule has 1 atom stereocenters. The van der Waals surface area contributed by atoms with Crippen LogP contribution in [-0.2, 0) is 4.79 Å². The fraction of sp³-hybridized carbons (Fsp3) is 0.889. The van der Waals surface area contributed by atoms with Gasteiger partial charge in [-0.05, 0) is 11.8 Å². The molecule has 0 bridgehead atoms. The molecule has 0 radical (unpaired) electrons. The highest BCUT2D eigenvalue weighted by atomic mass is 16.2. The SMILES string of the molecule is CN(CCN)C(=O)C1CC1(C)C. The quantitative estimate of drug-likeness (QED) is 0.668. The van der Waals surface area contributed by atoms with Crippen molar-refractivity contribution in [2.75, 3.05) is 20.1 Å². The second-order valence-electron chi connectivity index (χ2n) is 4.29. The lowest BCUT2D eigenvalue weighted by Crippen LogP contribution is -2.33. The summed E-state index contributed by atoms with van der Waals surface area (Å²) in [6.45, 7) is 5.48. The van der Waals surface area contributed by atoms with Gasteiger partial charge in [-0.1, -0.05) is 13.8 Å². The van der Waals surface area contributed by atoms with Crippen molar-refractivity contribution in [3.8, 4) is 0 Å². The molecule has 0 aliphatic heterocycles. The Morgan fingerprint density at radius 3 is 2.50 bits per heavy atom. The van der Waals surface area contributed by atoms with Crippen LogP contribution in [0.4, 0.5) is 0 Å². The molecule has 0 aromatic heterocycles. The maximum absolute atomic E-state index is 11.6. The van der Waals surface area contributed by atoms with Crippen LogP contribution in [0.5, 0.6) is 0 Å². The van der Waals surface area contributed by atoms with Crippen molar-refractivity contribution in [2.45, 2.75) is 20.3 Å². The van der Waals surface area contributed by atoms with Crippen LogP contribution in [0.1, 0.15) is 20.3 Å². The van der Waals surface area contributed by atoms with Gasteiger partial charge in [0.2, 0.25) is 5.91 Å². The minimum atomic E-state index is 0.236. The van der Waals surface area contributed by atoms with Crippen molar-refractivity contribution in [1.82, 2.24) is 4.90 Å². The van der Waals surface area contributed by atoms with Crippen LogP contribution in [0.3, 0.4) is 0 Å². The Kier molecular flexibility index (Phi) is 2.42. The molecule has 0 aromatic rings. The van der Waals surface area contributed by atoms with E-state index in [4.69, 9.17) is 5.73 Å². The van der Waals surface area contributed by atoms with Crippen molar-refractivity contribution < 1.29 is 4.79 Å². The summed E-state index contributed by atoms with van der Waals surface area (Å²) in [6, 6.07) is 0. The van der Waals surface area contributed by atoms with Gasteiger partial charge in [-0.15, -0.1) is 0 Å². The van der Waals surface area contributed by atoms with Crippen molar-refractivity contribution >= 4 is 5.91 Å². The van der Waals surface area contributed by atoms with Gasteiger partial charge in [-0.3, -0.25) is 4.79 Å². The van der Waals surface area contributed by atoms with E-state index >= 15 is 0 Å². The van der Waals surface area contributed by atoms with E-state index in [9.17, 15) is 4.79 Å². The molecule has 70 valence electrons. The standard InChI is InChI=1S/C9H18N2O/c1-9(2)6-7(9)8(12)11(3)5-4-10/h7H,4-6,10H2,1-3H3. The molecule has 0 spiro atoms. The third-order valence-electron chi connectivity index (χ3n) is 2.65. The lowest BCUT2D eigenvalue weighted by molar-refractivity contribution is -0.131. The molecule has 2 N–H and O–H groups in total. The Hall–Kier alpha value is -0.570. The first-order chi connectivity index (χ1) is 5.49. The van der Waals surface area contributed by atoms with Crippen LogP contribution in [0.15, 0.2) is 0 Å². The largest absolute Gasteiger partial charge is 0.344 e. The van der Waals surface area contributed by atoms with Crippen molar-refractivity contribution in [1.29, 1.82) is 0 Å². The molecule has 0 aromatic carbocycles. The minimum absolute atomic E-state index is 0.236. The first-order valence-electron chi connectivity index (χ1n) is 4.44. The van der Waals surface area contributed by atoms with Gasteiger partial charge in [0.1, 0.15) is 0 Å². The molecule has 1 saturated carbocycles. The zero-order chi connectivity index (χ0) is 9.35. The molecule has 1 amide bonds. The Balaban J connectivity index is 2.39. The lowest BCUT2D eigenvalue weighted by atomic mass is 10.1. The van der Waals surface area contributed by atoms with Gasteiger partial charge in [-0.2, -0.15) is 0 Å². The van der Waals surface area contributed by atoms with Crippen LogP contribution in [-0.4, -0.2) is 30.9 Å². The Morgan fingerprint density at radius 2 is 2.17 bits per heavy atom. The molecule has 1 fully saturated rings. The number of likely N-dealkylation sites (N-methyl/N-ethyl adjacent to an activating group) is 1. The highest BCUT2D eigenvalue weighted by Gasteiger charge is 2.51. The molecule has 0 saturated heterocycles. The van der Waals surface area contributed by atoms with Crippen LogP contribution in [0, 0.1) is 11.3 Å². The number of carbonyl (C=O) groups excluding carboxylic acids is 1. The van der Waals surface area contributed by atoms with E-state index in [2.05, 4.69) is 13.8 Å². The molecule has 1 aliphatic carbocycles. The summed E-state index contributed by atoms with van der Waals surface area (Å²) in [5.41, 5.74) is 5.60. The first-order valence-corrected chi connectivity index (χ1v) is 4.44. The average molecular weight is 170 g/mol. The normalized spacial score (nSPS) is 25.2. The summed E-state index contributed by atoms with van der Waals surface area (Å²) < 4.78 is 0. The number of nitrogens with zero attached hydrogens (tertiary/aromatic N) is 1. The molecule has 0 heterocycles. The number of carbonyl (C=O) groups is 1. The number of hydrogen-bond donors (Lipinski definition) is 1. The van der Waals surface area contributed by atoms with Crippen LogP contribution in [0.2, 0.25) is 0 Å². The highest BCUT2D eigenvalue weighted by molar-refractivity contribution is 5.82. The first kappa shape index (κ1) is 9.52. The van der Waals surface area contributed by atoms with Gasteiger partial charge in [0.15, 0.2) is 0 Å². The summed E-state index contributed by atoms with van der Waals surface area (Å²) in [5, 5.41) is 0. The Bertz CT molecular complexity index is 189. The molecule has 3 heteroatoms. The maximum atomic E-state index is 11.6. The van der Waals surface area contributed by atoms with E-state index in [1.807, 2.05) is 7.05 Å². The summed E-state index contributed by atoms with van der Waals surface area (Å²) in [5.74, 6) is 0.500. The second kappa shape index (κ2) is 3.05. The molecule has 12 heavy (non-hydrogen) atoms. The molecular formula is C9H18N2O. The molecule has 3 nitrogen and oxygen atoms in total. The van der Waals surface area contributed by atoms with Gasteiger partial charge in [0, 0.05) is 26.1 Å². The summed E-state index contributed by atoms with van der Waals surface area (Å²) in [4.78, 5) is 13.3. The maximum Gasteiger partial charge on any atom is 0.226 e. The average Bonchev–Trinajstić information content (AvgIpc) is 2.59.